The molecule has 110 valence electrons. The lowest BCUT2D eigenvalue weighted by molar-refractivity contribution is 0.0698. The fourth-order valence-corrected chi connectivity index (χ4v) is 2.04. The molecule has 0 aliphatic heterocycles. The number of halogens is 2. The molecule has 1 unspecified atom stereocenters. The highest BCUT2D eigenvalue weighted by molar-refractivity contribution is 6.00. The molecule has 0 spiro atoms. The van der Waals surface area contributed by atoms with Crippen molar-refractivity contribution in [2.24, 2.45) is 0 Å². The minimum absolute atomic E-state index is 0.179. The molecule has 0 heterocycles. The Morgan fingerprint density at radius 3 is 2.62 bits per heavy atom. The van der Waals surface area contributed by atoms with Gasteiger partial charge in [-0.15, -0.1) is 0 Å². The lowest BCUT2D eigenvalue weighted by atomic mass is 10.1. The van der Waals surface area contributed by atoms with E-state index in [2.05, 4.69) is 5.32 Å². The van der Waals surface area contributed by atoms with Crippen molar-refractivity contribution in [3.05, 3.63) is 59.2 Å². The number of benzene rings is 2. The Labute approximate surface area is 120 Å². The summed E-state index contributed by atoms with van der Waals surface area (Å²) < 4.78 is 26.6. The second-order valence-electron chi connectivity index (χ2n) is 4.61. The van der Waals surface area contributed by atoms with Gasteiger partial charge in [0.25, 0.3) is 0 Å². The zero-order valence-electron chi connectivity index (χ0n) is 11.2. The number of rotatable bonds is 4. The number of carboxylic acid groups (broad SMARTS) is 1. The van der Waals surface area contributed by atoms with Crippen LogP contribution in [0, 0.1) is 11.6 Å². The predicted molar refractivity (Wildman–Crippen MR) is 76.2 cm³/mol. The Morgan fingerprint density at radius 2 is 2.00 bits per heavy atom. The summed E-state index contributed by atoms with van der Waals surface area (Å²) in [4.78, 5) is 11.2. The normalized spacial score (nSPS) is 12.0. The maximum atomic E-state index is 13.4. The minimum atomic E-state index is -1.33. The Bertz CT molecular complexity index is 689. The molecule has 2 rings (SSSR count). The van der Waals surface area contributed by atoms with Crippen molar-refractivity contribution in [2.45, 2.75) is 13.0 Å². The van der Waals surface area contributed by atoms with Gasteiger partial charge in [0.15, 0.2) is 0 Å². The molecule has 2 aromatic rings. The van der Waals surface area contributed by atoms with Crippen molar-refractivity contribution in [2.75, 3.05) is 11.1 Å². The quantitative estimate of drug-likeness (QED) is 0.755. The van der Waals surface area contributed by atoms with E-state index >= 15 is 0 Å². The highest BCUT2D eigenvalue weighted by Crippen LogP contribution is 2.28. The summed E-state index contributed by atoms with van der Waals surface area (Å²) in [6.07, 6.45) is 0. The fourth-order valence-electron chi connectivity index (χ4n) is 2.04. The average molecular weight is 292 g/mol. The SMILES string of the molecule is CC(Nc1ccc(F)c(N)c1C(=O)O)c1cccc(F)c1. The van der Waals surface area contributed by atoms with Gasteiger partial charge in [-0.2, -0.15) is 0 Å². The van der Waals surface area contributed by atoms with E-state index in [1.165, 1.54) is 18.2 Å². The van der Waals surface area contributed by atoms with Gasteiger partial charge in [-0.3, -0.25) is 0 Å². The zero-order chi connectivity index (χ0) is 15.6. The molecule has 0 aliphatic rings. The highest BCUT2D eigenvalue weighted by Gasteiger charge is 2.19. The van der Waals surface area contributed by atoms with Gasteiger partial charge < -0.3 is 16.2 Å². The van der Waals surface area contributed by atoms with E-state index in [0.29, 0.717) is 5.56 Å². The zero-order valence-corrected chi connectivity index (χ0v) is 11.2. The monoisotopic (exact) mass is 292 g/mol. The summed E-state index contributed by atoms with van der Waals surface area (Å²) in [6.45, 7) is 1.74. The van der Waals surface area contributed by atoms with Gasteiger partial charge in [-0.05, 0) is 36.8 Å². The smallest absolute Gasteiger partial charge is 0.340 e. The molecule has 21 heavy (non-hydrogen) atoms. The van der Waals surface area contributed by atoms with E-state index < -0.39 is 23.3 Å². The molecular formula is C15H14F2N2O2. The van der Waals surface area contributed by atoms with Gasteiger partial charge in [0, 0.05) is 6.04 Å². The van der Waals surface area contributed by atoms with Crippen LogP contribution in [0.1, 0.15) is 28.9 Å². The first-order valence-electron chi connectivity index (χ1n) is 6.23. The molecule has 0 saturated heterocycles. The summed E-state index contributed by atoms with van der Waals surface area (Å²) in [7, 11) is 0. The summed E-state index contributed by atoms with van der Waals surface area (Å²) in [5, 5.41) is 12.1. The van der Waals surface area contributed by atoms with Gasteiger partial charge in [-0.1, -0.05) is 12.1 Å². The van der Waals surface area contributed by atoms with Crippen LogP contribution in [0.25, 0.3) is 0 Å². The van der Waals surface area contributed by atoms with Crippen LogP contribution in [-0.4, -0.2) is 11.1 Å². The molecule has 4 N–H and O–H groups in total. The first-order valence-corrected chi connectivity index (χ1v) is 6.23. The first-order chi connectivity index (χ1) is 9.90. The summed E-state index contributed by atoms with van der Waals surface area (Å²) in [5.74, 6) is -2.52. The number of nitrogens with two attached hydrogens (primary N) is 1. The first kappa shape index (κ1) is 14.8. The van der Waals surface area contributed by atoms with E-state index in [-0.39, 0.29) is 17.3 Å². The second-order valence-corrected chi connectivity index (χ2v) is 4.61. The summed E-state index contributed by atoms with van der Waals surface area (Å²) in [6, 6.07) is 7.92. The fraction of sp³-hybridized carbons (Fsp3) is 0.133. The maximum Gasteiger partial charge on any atom is 0.340 e. The van der Waals surface area contributed by atoms with E-state index in [1.54, 1.807) is 19.1 Å². The van der Waals surface area contributed by atoms with Crippen molar-refractivity contribution in [1.82, 2.24) is 0 Å². The van der Waals surface area contributed by atoms with Gasteiger partial charge in [0.2, 0.25) is 0 Å². The van der Waals surface area contributed by atoms with Crippen LogP contribution in [-0.2, 0) is 0 Å². The van der Waals surface area contributed by atoms with Crippen LogP contribution in [0.15, 0.2) is 36.4 Å². The molecule has 0 aromatic heterocycles. The van der Waals surface area contributed by atoms with Crippen LogP contribution < -0.4 is 11.1 Å². The number of aromatic carboxylic acids is 1. The van der Waals surface area contributed by atoms with Crippen LogP contribution in [0.3, 0.4) is 0 Å². The summed E-state index contributed by atoms with van der Waals surface area (Å²) >= 11 is 0. The van der Waals surface area contributed by atoms with E-state index in [4.69, 9.17) is 10.8 Å². The molecule has 1 atom stereocenters. The van der Waals surface area contributed by atoms with Crippen molar-refractivity contribution in [3.63, 3.8) is 0 Å². The van der Waals surface area contributed by atoms with Crippen LogP contribution in [0.2, 0.25) is 0 Å². The van der Waals surface area contributed by atoms with Gasteiger partial charge in [0.1, 0.15) is 17.2 Å². The minimum Gasteiger partial charge on any atom is -0.478 e. The van der Waals surface area contributed by atoms with E-state index in [0.717, 1.165) is 6.07 Å². The Morgan fingerprint density at radius 1 is 1.29 bits per heavy atom. The summed E-state index contributed by atoms with van der Waals surface area (Å²) in [5.41, 5.74) is 5.51. The molecule has 0 saturated carbocycles. The van der Waals surface area contributed by atoms with Crippen molar-refractivity contribution < 1.29 is 18.7 Å². The third-order valence-corrected chi connectivity index (χ3v) is 3.13. The van der Waals surface area contributed by atoms with Gasteiger partial charge in [-0.25, -0.2) is 13.6 Å². The highest BCUT2D eigenvalue weighted by atomic mass is 19.1. The number of hydrogen-bond acceptors (Lipinski definition) is 3. The molecular weight excluding hydrogens is 278 g/mol. The topological polar surface area (TPSA) is 75.3 Å². The number of nitrogens with one attached hydrogen (secondary N) is 1. The number of hydrogen-bond donors (Lipinski definition) is 3. The standard InChI is InChI=1S/C15H14F2N2O2/c1-8(9-3-2-4-10(16)7-9)19-12-6-5-11(17)14(18)13(12)15(20)21/h2-8,19H,18H2,1H3,(H,20,21). The lowest BCUT2D eigenvalue weighted by Gasteiger charge is -2.18. The van der Waals surface area contributed by atoms with Gasteiger partial charge >= 0.3 is 5.97 Å². The largest absolute Gasteiger partial charge is 0.478 e. The number of nitrogen functional groups attached to an aromatic ring is 1. The molecule has 6 heteroatoms. The lowest BCUT2D eigenvalue weighted by Crippen LogP contribution is -2.13. The maximum absolute atomic E-state index is 13.4. The predicted octanol–water partition coefficient (Wildman–Crippen LogP) is 3.42. The van der Waals surface area contributed by atoms with Gasteiger partial charge in [0.05, 0.1) is 11.4 Å². The number of anilines is 2. The van der Waals surface area contributed by atoms with Crippen molar-refractivity contribution >= 4 is 17.3 Å². The van der Waals surface area contributed by atoms with Crippen LogP contribution in [0.4, 0.5) is 20.2 Å². The molecule has 0 bridgehead atoms. The molecule has 0 radical (unpaired) electrons. The molecule has 2 aromatic carbocycles. The number of carboxylic acids is 1. The average Bonchev–Trinajstić information content (AvgIpc) is 2.42. The van der Waals surface area contributed by atoms with Crippen LogP contribution >= 0.6 is 0 Å². The molecule has 0 amide bonds. The molecule has 0 fully saturated rings. The van der Waals surface area contributed by atoms with E-state index in [9.17, 15) is 13.6 Å². The third-order valence-electron chi connectivity index (χ3n) is 3.13. The second kappa shape index (κ2) is 5.78. The van der Waals surface area contributed by atoms with Crippen molar-refractivity contribution in [3.8, 4) is 0 Å². The third kappa shape index (κ3) is 3.10. The van der Waals surface area contributed by atoms with Crippen molar-refractivity contribution in [1.29, 1.82) is 0 Å². The molecule has 0 aliphatic carbocycles. The Balaban J connectivity index is 2.35. The molecule has 4 nitrogen and oxygen atoms in total. The van der Waals surface area contributed by atoms with Crippen LogP contribution in [0.5, 0.6) is 0 Å². The number of carbonyl (C=O) groups is 1. The Hall–Kier alpha value is -2.63. The van der Waals surface area contributed by atoms with E-state index in [1.807, 2.05) is 0 Å². The Kier molecular flexibility index (Phi) is 4.07.